The molecule has 0 saturated carbocycles. The van der Waals surface area contributed by atoms with Gasteiger partial charge in [-0.05, 0) is 42.5 Å². The van der Waals surface area contributed by atoms with Crippen molar-refractivity contribution in [2.24, 2.45) is 7.05 Å². The Morgan fingerprint density at radius 3 is 2.67 bits per heavy atom. The highest BCUT2D eigenvalue weighted by molar-refractivity contribution is 6.06. The number of esters is 1. The van der Waals surface area contributed by atoms with Crippen LogP contribution in [0.15, 0.2) is 48.5 Å². The lowest BCUT2D eigenvalue weighted by atomic mass is 10.2. The lowest BCUT2D eigenvalue weighted by Gasteiger charge is -2.08. The molecule has 0 aliphatic carbocycles. The second kappa shape index (κ2) is 6.16. The molecule has 0 atom stereocenters. The zero-order valence-electron chi connectivity index (χ0n) is 13.2. The van der Waals surface area contributed by atoms with Crippen molar-refractivity contribution in [2.45, 2.75) is 0 Å². The smallest absolute Gasteiger partial charge is 0.337 e. The number of ether oxygens (including phenoxy) is 1. The number of carbonyl (C=O) groups is 2. The van der Waals surface area contributed by atoms with Crippen molar-refractivity contribution in [1.29, 1.82) is 0 Å². The van der Waals surface area contributed by atoms with Crippen molar-refractivity contribution in [3.8, 4) is 0 Å². The molecular formula is C18H15FN2O3. The fourth-order valence-electron chi connectivity index (χ4n) is 2.58. The molecule has 2 aromatic carbocycles. The number of aromatic nitrogens is 1. The van der Waals surface area contributed by atoms with Crippen molar-refractivity contribution in [3.05, 3.63) is 65.6 Å². The molecular weight excluding hydrogens is 311 g/mol. The Balaban J connectivity index is 1.90. The van der Waals surface area contributed by atoms with Crippen molar-refractivity contribution in [2.75, 3.05) is 12.4 Å². The van der Waals surface area contributed by atoms with Crippen LogP contribution in [-0.2, 0) is 11.8 Å². The van der Waals surface area contributed by atoms with E-state index in [9.17, 15) is 14.0 Å². The van der Waals surface area contributed by atoms with Crippen molar-refractivity contribution in [3.63, 3.8) is 0 Å². The molecule has 0 unspecified atom stereocenters. The van der Waals surface area contributed by atoms with E-state index in [4.69, 9.17) is 0 Å². The van der Waals surface area contributed by atoms with Crippen LogP contribution >= 0.6 is 0 Å². The van der Waals surface area contributed by atoms with Crippen LogP contribution in [0.3, 0.4) is 0 Å². The first-order chi connectivity index (χ1) is 11.5. The van der Waals surface area contributed by atoms with E-state index >= 15 is 0 Å². The van der Waals surface area contributed by atoms with Gasteiger partial charge in [-0.3, -0.25) is 4.79 Å². The van der Waals surface area contributed by atoms with Crippen molar-refractivity contribution >= 4 is 28.5 Å². The molecule has 24 heavy (non-hydrogen) atoms. The van der Waals surface area contributed by atoms with Gasteiger partial charge in [0.05, 0.1) is 12.7 Å². The zero-order chi connectivity index (χ0) is 17.3. The van der Waals surface area contributed by atoms with Gasteiger partial charge in [0.2, 0.25) is 0 Å². The van der Waals surface area contributed by atoms with Crippen LogP contribution in [-0.4, -0.2) is 23.6 Å². The van der Waals surface area contributed by atoms with Gasteiger partial charge >= 0.3 is 5.97 Å². The number of rotatable bonds is 3. The number of methoxy groups -OCH3 is 1. The largest absolute Gasteiger partial charge is 0.465 e. The standard InChI is InChI=1S/C18H15FN2O3/c1-21-15-7-6-13(19)8-12(15)10-16(21)17(22)20-14-5-3-4-11(9-14)18(23)24-2/h3-10H,1-2H3,(H,20,22). The van der Waals surface area contributed by atoms with Gasteiger partial charge < -0.3 is 14.6 Å². The van der Waals surface area contributed by atoms with Crippen LogP contribution in [0.4, 0.5) is 10.1 Å². The molecule has 1 heterocycles. The van der Waals surface area contributed by atoms with Crippen LogP contribution in [0.5, 0.6) is 0 Å². The minimum atomic E-state index is -0.480. The average molecular weight is 326 g/mol. The van der Waals surface area contributed by atoms with E-state index in [1.54, 1.807) is 41.9 Å². The third-order valence-electron chi connectivity index (χ3n) is 3.78. The van der Waals surface area contributed by atoms with Gasteiger partial charge in [0.1, 0.15) is 11.5 Å². The molecule has 0 saturated heterocycles. The van der Waals surface area contributed by atoms with Gasteiger partial charge in [-0.1, -0.05) is 6.07 Å². The number of hydrogen-bond acceptors (Lipinski definition) is 3. The van der Waals surface area contributed by atoms with Crippen LogP contribution < -0.4 is 5.32 Å². The van der Waals surface area contributed by atoms with Gasteiger partial charge in [0.25, 0.3) is 5.91 Å². The van der Waals surface area contributed by atoms with E-state index in [-0.39, 0.29) is 11.7 Å². The molecule has 1 N–H and O–H groups in total. The Bertz CT molecular complexity index is 947. The number of anilines is 1. The summed E-state index contributed by atoms with van der Waals surface area (Å²) in [4.78, 5) is 24.0. The predicted octanol–water partition coefficient (Wildman–Crippen LogP) is 3.36. The third kappa shape index (κ3) is 2.86. The van der Waals surface area contributed by atoms with Gasteiger partial charge in [-0.2, -0.15) is 0 Å². The topological polar surface area (TPSA) is 60.3 Å². The summed E-state index contributed by atoms with van der Waals surface area (Å²) in [6, 6.07) is 12.4. The summed E-state index contributed by atoms with van der Waals surface area (Å²) in [6.07, 6.45) is 0. The highest BCUT2D eigenvalue weighted by atomic mass is 19.1. The number of amides is 1. The maximum atomic E-state index is 13.3. The number of carbonyl (C=O) groups excluding carboxylic acids is 2. The monoisotopic (exact) mass is 326 g/mol. The van der Waals surface area contributed by atoms with Gasteiger partial charge in [0, 0.05) is 23.6 Å². The minimum absolute atomic E-state index is 0.342. The molecule has 0 aliphatic rings. The van der Waals surface area contributed by atoms with Crippen LogP contribution in [0, 0.1) is 5.82 Å². The molecule has 0 spiro atoms. The fraction of sp³-hybridized carbons (Fsp3) is 0.111. The summed E-state index contributed by atoms with van der Waals surface area (Å²) in [6.45, 7) is 0. The predicted molar refractivity (Wildman–Crippen MR) is 88.6 cm³/mol. The summed E-state index contributed by atoms with van der Waals surface area (Å²) in [7, 11) is 3.03. The molecule has 0 fully saturated rings. The third-order valence-corrected chi connectivity index (χ3v) is 3.78. The van der Waals surface area contributed by atoms with E-state index in [1.165, 1.54) is 25.3 Å². The summed E-state index contributed by atoms with van der Waals surface area (Å²) in [5.41, 5.74) is 1.96. The number of fused-ring (bicyclic) bond motifs is 1. The number of nitrogens with one attached hydrogen (secondary N) is 1. The number of aryl methyl sites for hydroxylation is 1. The number of halogens is 1. The maximum Gasteiger partial charge on any atom is 0.337 e. The summed E-state index contributed by atoms with van der Waals surface area (Å²) < 4.78 is 19.7. The van der Waals surface area contributed by atoms with Crippen LogP contribution in [0.25, 0.3) is 10.9 Å². The first-order valence-corrected chi connectivity index (χ1v) is 7.24. The maximum absolute atomic E-state index is 13.3. The van der Waals surface area contributed by atoms with Gasteiger partial charge in [-0.15, -0.1) is 0 Å². The second-order valence-electron chi connectivity index (χ2n) is 5.32. The molecule has 0 bridgehead atoms. The lowest BCUT2D eigenvalue weighted by molar-refractivity contribution is 0.0600. The normalized spacial score (nSPS) is 10.6. The minimum Gasteiger partial charge on any atom is -0.465 e. The van der Waals surface area contributed by atoms with Gasteiger partial charge in [-0.25, -0.2) is 9.18 Å². The summed E-state index contributed by atoms with van der Waals surface area (Å²) in [5.74, 6) is -1.19. The van der Waals surface area contributed by atoms with Crippen LogP contribution in [0.2, 0.25) is 0 Å². The summed E-state index contributed by atoms with van der Waals surface area (Å²) in [5, 5.41) is 3.38. The number of nitrogens with zero attached hydrogens (tertiary/aromatic N) is 1. The average Bonchev–Trinajstić information content (AvgIpc) is 2.90. The number of hydrogen-bond donors (Lipinski definition) is 1. The quantitative estimate of drug-likeness (QED) is 0.751. The molecule has 0 aliphatic heterocycles. The lowest BCUT2D eigenvalue weighted by Crippen LogP contribution is -2.15. The molecule has 6 heteroatoms. The van der Waals surface area contributed by atoms with Crippen LogP contribution in [0.1, 0.15) is 20.8 Å². The van der Waals surface area contributed by atoms with Crippen molar-refractivity contribution < 1.29 is 18.7 Å². The van der Waals surface area contributed by atoms with E-state index in [2.05, 4.69) is 10.1 Å². The zero-order valence-corrected chi connectivity index (χ0v) is 13.2. The second-order valence-corrected chi connectivity index (χ2v) is 5.32. The molecule has 5 nitrogen and oxygen atoms in total. The Morgan fingerprint density at radius 2 is 1.92 bits per heavy atom. The van der Waals surface area contributed by atoms with E-state index in [0.717, 1.165) is 5.52 Å². The van der Waals surface area contributed by atoms with E-state index in [0.29, 0.717) is 22.3 Å². The Kier molecular flexibility index (Phi) is 4.04. The molecule has 1 amide bonds. The molecule has 1 aromatic heterocycles. The van der Waals surface area contributed by atoms with Gasteiger partial charge in [0.15, 0.2) is 0 Å². The van der Waals surface area contributed by atoms with Crippen molar-refractivity contribution in [1.82, 2.24) is 4.57 Å². The summed E-state index contributed by atoms with van der Waals surface area (Å²) >= 11 is 0. The highest BCUT2D eigenvalue weighted by Gasteiger charge is 2.15. The van der Waals surface area contributed by atoms with E-state index in [1.807, 2.05) is 0 Å². The first-order valence-electron chi connectivity index (χ1n) is 7.24. The molecule has 3 rings (SSSR count). The van der Waals surface area contributed by atoms with E-state index < -0.39 is 5.97 Å². The SMILES string of the molecule is COC(=O)c1cccc(NC(=O)c2cc3cc(F)ccc3n2C)c1. The number of benzene rings is 2. The molecule has 0 radical (unpaired) electrons. The fourth-order valence-corrected chi connectivity index (χ4v) is 2.58. The highest BCUT2D eigenvalue weighted by Crippen LogP contribution is 2.21. The Morgan fingerprint density at radius 1 is 1.12 bits per heavy atom. The Hall–Kier alpha value is -3.15. The molecule has 122 valence electrons. The molecule has 3 aromatic rings. The first kappa shape index (κ1) is 15.7. The Labute approximate surface area is 137 Å².